The zero-order valence-corrected chi connectivity index (χ0v) is 15.0. The predicted octanol–water partition coefficient (Wildman–Crippen LogP) is 3.27. The fourth-order valence-corrected chi connectivity index (χ4v) is 2.83. The van der Waals surface area contributed by atoms with Crippen LogP contribution in [0.25, 0.3) is 0 Å². The maximum absolute atomic E-state index is 12.3. The predicted molar refractivity (Wildman–Crippen MR) is 95.4 cm³/mol. The van der Waals surface area contributed by atoms with Crippen LogP contribution < -0.4 is 9.47 Å². The minimum atomic E-state index is -0.644. The van der Waals surface area contributed by atoms with Crippen LogP contribution >= 0.6 is 11.6 Å². The molecule has 6 nitrogen and oxygen atoms in total. The Morgan fingerprint density at radius 3 is 2.69 bits per heavy atom. The lowest BCUT2D eigenvalue weighted by molar-refractivity contribution is -0.134. The van der Waals surface area contributed by atoms with Gasteiger partial charge in [-0.1, -0.05) is 41.9 Å². The third-order valence-electron chi connectivity index (χ3n) is 3.94. The van der Waals surface area contributed by atoms with E-state index in [9.17, 15) is 9.59 Å². The number of hydrogen-bond donors (Lipinski definition) is 0. The van der Waals surface area contributed by atoms with Crippen LogP contribution in [0.3, 0.4) is 0 Å². The number of hydrogen-bond acceptors (Lipinski definition) is 5. The number of nitrogens with zero attached hydrogens (tertiary/aromatic N) is 1. The van der Waals surface area contributed by atoms with E-state index in [1.54, 1.807) is 4.90 Å². The number of esters is 1. The molecule has 0 bridgehead atoms. The van der Waals surface area contributed by atoms with Gasteiger partial charge < -0.3 is 19.1 Å². The largest absolute Gasteiger partial charge is 0.454 e. The van der Waals surface area contributed by atoms with Gasteiger partial charge in [0.1, 0.15) is 0 Å². The summed E-state index contributed by atoms with van der Waals surface area (Å²) in [5, 5.41) is 0.262. The summed E-state index contributed by atoms with van der Waals surface area (Å²) in [7, 11) is 0. The normalized spacial score (nSPS) is 11.9. The van der Waals surface area contributed by atoms with Crippen molar-refractivity contribution in [2.75, 3.05) is 19.9 Å². The number of carbonyl (C=O) groups is 2. The lowest BCUT2D eigenvalue weighted by Gasteiger charge is -2.20. The Morgan fingerprint density at radius 1 is 1.19 bits per heavy atom. The van der Waals surface area contributed by atoms with Gasteiger partial charge >= 0.3 is 5.97 Å². The summed E-state index contributed by atoms with van der Waals surface area (Å²) >= 11 is 6.06. The van der Waals surface area contributed by atoms with Crippen LogP contribution in [0, 0.1) is 0 Å². The molecule has 0 spiro atoms. The second-order valence-electron chi connectivity index (χ2n) is 5.66. The minimum absolute atomic E-state index is 0.0526. The quantitative estimate of drug-likeness (QED) is 0.725. The molecule has 2 aromatic rings. The topological polar surface area (TPSA) is 65.1 Å². The summed E-state index contributed by atoms with van der Waals surface area (Å²) < 4.78 is 15.6. The SMILES string of the molecule is CCN(Cc1ccccc1)C(=O)COC(=O)c1cc(Cl)c2c(c1)OCO2. The molecule has 0 saturated heterocycles. The molecule has 0 unspecified atom stereocenters. The number of halogens is 1. The van der Waals surface area contributed by atoms with Gasteiger partial charge in [0.25, 0.3) is 5.91 Å². The van der Waals surface area contributed by atoms with Crippen molar-refractivity contribution in [3.8, 4) is 11.5 Å². The van der Waals surface area contributed by atoms with Gasteiger partial charge in [0.2, 0.25) is 6.79 Å². The molecule has 0 aliphatic carbocycles. The van der Waals surface area contributed by atoms with E-state index in [0.717, 1.165) is 5.56 Å². The summed E-state index contributed by atoms with van der Waals surface area (Å²) in [4.78, 5) is 26.2. The fourth-order valence-electron chi connectivity index (χ4n) is 2.57. The Hall–Kier alpha value is -2.73. The van der Waals surface area contributed by atoms with Crippen LogP contribution in [0.4, 0.5) is 0 Å². The first kappa shape index (κ1) is 18.1. The number of carbonyl (C=O) groups excluding carboxylic acids is 2. The zero-order chi connectivity index (χ0) is 18.5. The minimum Gasteiger partial charge on any atom is -0.454 e. The van der Waals surface area contributed by atoms with Crippen LogP contribution in [-0.2, 0) is 16.1 Å². The Morgan fingerprint density at radius 2 is 1.96 bits per heavy atom. The van der Waals surface area contributed by atoms with Crippen molar-refractivity contribution in [2.24, 2.45) is 0 Å². The number of benzene rings is 2. The third-order valence-corrected chi connectivity index (χ3v) is 4.22. The second-order valence-corrected chi connectivity index (χ2v) is 6.07. The van der Waals surface area contributed by atoms with Gasteiger partial charge in [-0.05, 0) is 24.6 Å². The van der Waals surface area contributed by atoms with Crippen molar-refractivity contribution in [3.63, 3.8) is 0 Å². The standard InChI is InChI=1S/C19H18ClNO5/c1-2-21(10-13-6-4-3-5-7-13)17(22)11-24-19(23)14-8-15(20)18-16(9-14)25-12-26-18/h3-9H,2,10-12H2,1H3. The molecule has 1 aliphatic heterocycles. The van der Waals surface area contributed by atoms with E-state index in [1.165, 1.54) is 12.1 Å². The lowest BCUT2D eigenvalue weighted by atomic mass is 10.2. The lowest BCUT2D eigenvalue weighted by Crippen LogP contribution is -2.34. The van der Waals surface area contributed by atoms with Gasteiger partial charge in [-0.3, -0.25) is 4.79 Å². The molecule has 136 valence electrons. The van der Waals surface area contributed by atoms with Crippen LogP contribution in [0.1, 0.15) is 22.8 Å². The van der Waals surface area contributed by atoms with Gasteiger partial charge in [-0.15, -0.1) is 0 Å². The highest BCUT2D eigenvalue weighted by atomic mass is 35.5. The van der Waals surface area contributed by atoms with E-state index in [2.05, 4.69) is 0 Å². The summed E-state index contributed by atoms with van der Waals surface area (Å²) in [5.41, 5.74) is 1.22. The molecule has 0 radical (unpaired) electrons. The van der Waals surface area contributed by atoms with Crippen molar-refractivity contribution in [3.05, 3.63) is 58.6 Å². The maximum atomic E-state index is 12.3. The van der Waals surface area contributed by atoms with Gasteiger partial charge in [-0.2, -0.15) is 0 Å². The van der Waals surface area contributed by atoms with Crippen LogP contribution in [0.15, 0.2) is 42.5 Å². The molecule has 26 heavy (non-hydrogen) atoms. The van der Waals surface area contributed by atoms with Crippen LogP contribution in [0.5, 0.6) is 11.5 Å². The first-order valence-electron chi connectivity index (χ1n) is 8.16. The number of likely N-dealkylation sites (N-methyl/N-ethyl adjacent to an activating group) is 1. The number of fused-ring (bicyclic) bond motifs is 1. The molecular weight excluding hydrogens is 358 g/mol. The molecule has 2 aromatic carbocycles. The van der Waals surface area contributed by atoms with Crippen molar-refractivity contribution in [1.82, 2.24) is 4.90 Å². The molecule has 1 aliphatic rings. The first-order valence-corrected chi connectivity index (χ1v) is 8.54. The molecule has 7 heteroatoms. The number of ether oxygens (including phenoxy) is 3. The molecular formula is C19H18ClNO5. The average molecular weight is 376 g/mol. The fraction of sp³-hybridized carbons (Fsp3) is 0.263. The average Bonchev–Trinajstić information content (AvgIpc) is 3.14. The highest BCUT2D eigenvalue weighted by Crippen LogP contribution is 2.39. The monoisotopic (exact) mass is 375 g/mol. The molecule has 3 rings (SSSR count). The van der Waals surface area contributed by atoms with Crippen molar-refractivity contribution >= 4 is 23.5 Å². The van der Waals surface area contributed by atoms with E-state index in [1.807, 2.05) is 37.3 Å². The Balaban J connectivity index is 1.60. The Kier molecular flexibility index (Phi) is 5.63. The van der Waals surface area contributed by atoms with Crippen LogP contribution in [0.2, 0.25) is 5.02 Å². The second kappa shape index (κ2) is 8.10. The van der Waals surface area contributed by atoms with Gasteiger partial charge in [0.15, 0.2) is 18.1 Å². The summed E-state index contributed by atoms with van der Waals surface area (Å²) in [6.07, 6.45) is 0. The van der Waals surface area contributed by atoms with Crippen molar-refractivity contribution in [2.45, 2.75) is 13.5 Å². The smallest absolute Gasteiger partial charge is 0.338 e. The zero-order valence-electron chi connectivity index (χ0n) is 14.2. The Labute approximate surface area is 156 Å². The van der Waals surface area contributed by atoms with Gasteiger partial charge in [0.05, 0.1) is 10.6 Å². The summed E-state index contributed by atoms with van der Waals surface area (Å²) in [6.45, 7) is 2.56. The first-order chi connectivity index (χ1) is 12.6. The highest BCUT2D eigenvalue weighted by molar-refractivity contribution is 6.32. The summed E-state index contributed by atoms with van der Waals surface area (Å²) in [6, 6.07) is 12.5. The molecule has 1 heterocycles. The van der Waals surface area contributed by atoms with Gasteiger partial charge in [-0.25, -0.2) is 4.79 Å². The summed E-state index contributed by atoms with van der Waals surface area (Å²) in [5.74, 6) is -0.125. The maximum Gasteiger partial charge on any atom is 0.338 e. The van der Waals surface area contributed by atoms with Crippen LogP contribution in [-0.4, -0.2) is 36.7 Å². The molecule has 0 N–H and O–H groups in total. The molecule has 0 aromatic heterocycles. The third kappa shape index (κ3) is 4.08. The molecule has 0 saturated carbocycles. The highest BCUT2D eigenvalue weighted by Gasteiger charge is 2.22. The van der Waals surface area contributed by atoms with Crippen molar-refractivity contribution in [1.29, 1.82) is 0 Å². The van der Waals surface area contributed by atoms with Gasteiger partial charge in [0, 0.05) is 13.1 Å². The van der Waals surface area contributed by atoms with E-state index < -0.39 is 5.97 Å². The Bertz CT molecular complexity index is 809. The van der Waals surface area contributed by atoms with E-state index in [0.29, 0.717) is 24.6 Å². The molecule has 0 atom stereocenters. The number of amides is 1. The van der Waals surface area contributed by atoms with Crippen molar-refractivity contribution < 1.29 is 23.8 Å². The van der Waals surface area contributed by atoms with E-state index in [4.69, 9.17) is 25.8 Å². The van der Waals surface area contributed by atoms with E-state index in [-0.39, 0.29) is 29.9 Å². The molecule has 1 amide bonds. The number of rotatable bonds is 6. The molecule has 0 fully saturated rings. The van der Waals surface area contributed by atoms with E-state index >= 15 is 0 Å².